The van der Waals surface area contributed by atoms with Crippen molar-refractivity contribution < 1.29 is 9.13 Å². The molecule has 2 aliphatic rings. The van der Waals surface area contributed by atoms with Crippen molar-refractivity contribution in [1.82, 2.24) is 9.55 Å². The standard InChI is InChI=1S/C21H26FN5O3/c1-21(2,24-3)18(23)11-7-8-26(10-11)16-14(22)9-13-15(17(16)30-4)27(12-5-6-12)20(29)25-19(13)28/h9,11-12,18H,5-8,10,23H2,1-2,4H3,(H,25,28,29). The maximum absolute atomic E-state index is 15.2. The first-order valence-corrected chi connectivity index (χ1v) is 10.1. The second-order valence-corrected chi connectivity index (χ2v) is 8.78. The normalized spacial score (nSPS) is 20.4. The number of nitrogens with one attached hydrogen (secondary N) is 1. The van der Waals surface area contributed by atoms with Crippen LogP contribution in [0.3, 0.4) is 0 Å². The molecule has 0 amide bonds. The van der Waals surface area contributed by atoms with E-state index >= 15 is 4.39 Å². The minimum Gasteiger partial charge on any atom is -0.492 e. The maximum atomic E-state index is 15.2. The second-order valence-electron chi connectivity index (χ2n) is 8.78. The van der Waals surface area contributed by atoms with E-state index in [4.69, 9.17) is 17.0 Å². The van der Waals surface area contributed by atoms with Crippen molar-refractivity contribution in [2.75, 3.05) is 25.1 Å². The number of fused-ring (bicyclic) bond motifs is 1. The van der Waals surface area contributed by atoms with E-state index in [0.29, 0.717) is 25.0 Å². The number of hydrogen-bond acceptors (Lipinski definition) is 5. The lowest BCUT2D eigenvalue weighted by molar-refractivity contribution is 0.355. The van der Waals surface area contributed by atoms with Gasteiger partial charge in [-0.15, -0.1) is 0 Å². The van der Waals surface area contributed by atoms with E-state index in [-0.39, 0.29) is 34.8 Å². The van der Waals surface area contributed by atoms with E-state index in [9.17, 15) is 9.59 Å². The number of nitrogens with zero attached hydrogens (tertiary/aromatic N) is 3. The second kappa shape index (κ2) is 7.13. The van der Waals surface area contributed by atoms with E-state index in [1.165, 1.54) is 17.7 Å². The Kier molecular flexibility index (Phi) is 4.85. The molecule has 2 unspecified atom stereocenters. The van der Waals surface area contributed by atoms with Crippen molar-refractivity contribution in [1.29, 1.82) is 0 Å². The van der Waals surface area contributed by atoms with Gasteiger partial charge in [0, 0.05) is 38.9 Å². The number of aromatic nitrogens is 2. The van der Waals surface area contributed by atoms with Gasteiger partial charge in [0.15, 0.2) is 11.6 Å². The Labute approximate surface area is 173 Å². The van der Waals surface area contributed by atoms with E-state index in [1.54, 1.807) is 0 Å². The highest BCUT2D eigenvalue weighted by molar-refractivity contribution is 5.91. The Balaban J connectivity index is 1.84. The molecule has 30 heavy (non-hydrogen) atoms. The largest absolute Gasteiger partial charge is 0.492 e. The highest BCUT2D eigenvalue weighted by Gasteiger charge is 2.42. The van der Waals surface area contributed by atoms with Crippen LogP contribution < -0.4 is 26.6 Å². The number of methoxy groups -OCH3 is 1. The number of H-pyrrole nitrogens is 1. The Hall–Kier alpha value is -2.86. The van der Waals surface area contributed by atoms with Crippen LogP contribution in [-0.4, -0.2) is 41.3 Å². The van der Waals surface area contributed by atoms with Crippen molar-refractivity contribution in [2.45, 2.75) is 50.7 Å². The molecule has 1 aliphatic heterocycles. The molecule has 1 aromatic carbocycles. The Morgan fingerprint density at radius 2 is 2.07 bits per heavy atom. The molecule has 2 atom stereocenters. The van der Waals surface area contributed by atoms with Crippen LogP contribution in [0.1, 0.15) is 39.2 Å². The molecule has 9 heteroatoms. The number of rotatable bonds is 5. The zero-order valence-electron chi connectivity index (χ0n) is 17.4. The minimum absolute atomic E-state index is 0.0127. The quantitative estimate of drug-likeness (QED) is 0.729. The van der Waals surface area contributed by atoms with Gasteiger partial charge in [0.1, 0.15) is 11.2 Å². The fraction of sp³-hybridized carbons (Fsp3) is 0.571. The first-order chi connectivity index (χ1) is 14.2. The molecular formula is C21H26FN5O3. The SMILES string of the molecule is [C-]#[N+]C(C)(C)C(N)C1CCN(c2c(F)cc3c(=O)[nH]c(=O)n(C4CC4)c3c2OC)C1. The number of anilines is 1. The zero-order valence-corrected chi connectivity index (χ0v) is 17.4. The summed E-state index contributed by atoms with van der Waals surface area (Å²) in [7, 11) is 1.42. The molecule has 0 radical (unpaired) electrons. The van der Waals surface area contributed by atoms with E-state index in [1.807, 2.05) is 18.7 Å². The minimum atomic E-state index is -0.716. The summed E-state index contributed by atoms with van der Waals surface area (Å²) >= 11 is 0. The van der Waals surface area contributed by atoms with Crippen LogP contribution in [0.25, 0.3) is 15.7 Å². The summed E-state index contributed by atoms with van der Waals surface area (Å²) in [6.07, 6.45) is 2.36. The van der Waals surface area contributed by atoms with E-state index in [2.05, 4.69) is 9.83 Å². The molecule has 160 valence electrons. The summed E-state index contributed by atoms with van der Waals surface area (Å²) in [5, 5.41) is 0.0983. The summed E-state index contributed by atoms with van der Waals surface area (Å²) in [5.41, 5.74) is 5.08. The number of hydrogen-bond donors (Lipinski definition) is 2. The molecular weight excluding hydrogens is 389 g/mol. The van der Waals surface area contributed by atoms with Gasteiger partial charge in [0.05, 0.1) is 18.5 Å². The summed E-state index contributed by atoms with van der Waals surface area (Å²) in [4.78, 5) is 32.7. The van der Waals surface area contributed by atoms with Gasteiger partial charge >= 0.3 is 5.69 Å². The Bertz CT molecular complexity index is 1160. The van der Waals surface area contributed by atoms with Crippen LogP contribution in [0, 0.1) is 18.3 Å². The van der Waals surface area contributed by atoms with Gasteiger partial charge in [-0.3, -0.25) is 14.3 Å². The number of halogens is 1. The highest BCUT2D eigenvalue weighted by Crippen LogP contribution is 2.43. The van der Waals surface area contributed by atoms with E-state index < -0.39 is 22.6 Å². The molecule has 0 bridgehead atoms. The number of benzene rings is 1. The summed E-state index contributed by atoms with van der Waals surface area (Å²) in [6, 6.07) is 0.797. The molecule has 1 saturated heterocycles. The van der Waals surface area contributed by atoms with Gasteiger partial charge in [-0.25, -0.2) is 15.8 Å². The number of aromatic amines is 1. The lowest BCUT2D eigenvalue weighted by atomic mass is 9.85. The van der Waals surface area contributed by atoms with Crippen LogP contribution in [0.4, 0.5) is 10.1 Å². The van der Waals surface area contributed by atoms with Crippen LogP contribution in [0.5, 0.6) is 5.75 Å². The third kappa shape index (κ3) is 3.16. The highest BCUT2D eigenvalue weighted by atomic mass is 19.1. The van der Waals surface area contributed by atoms with Gasteiger partial charge in [-0.05, 0) is 25.3 Å². The molecule has 4 rings (SSSR count). The van der Waals surface area contributed by atoms with Crippen LogP contribution >= 0.6 is 0 Å². The summed E-state index contributed by atoms with van der Waals surface area (Å²) in [5.74, 6) is -0.373. The number of ether oxygens (including phenoxy) is 1. The molecule has 3 N–H and O–H groups in total. The molecule has 2 aromatic rings. The third-order valence-corrected chi connectivity index (χ3v) is 6.38. The van der Waals surface area contributed by atoms with Crippen molar-refractivity contribution in [3.05, 3.63) is 44.1 Å². The molecule has 2 fully saturated rings. The van der Waals surface area contributed by atoms with Gasteiger partial charge in [-0.1, -0.05) is 0 Å². The van der Waals surface area contributed by atoms with Gasteiger partial charge in [0.2, 0.25) is 5.54 Å². The molecule has 1 saturated carbocycles. The lowest BCUT2D eigenvalue weighted by Crippen LogP contribution is -2.47. The van der Waals surface area contributed by atoms with Crippen molar-refractivity contribution in [3.63, 3.8) is 0 Å². The summed E-state index contributed by atoms with van der Waals surface area (Å²) in [6.45, 7) is 12.0. The summed E-state index contributed by atoms with van der Waals surface area (Å²) < 4.78 is 22.3. The predicted octanol–water partition coefficient (Wildman–Crippen LogP) is 2.02. The van der Waals surface area contributed by atoms with E-state index in [0.717, 1.165) is 12.8 Å². The average molecular weight is 415 g/mol. The van der Waals surface area contributed by atoms with Crippen LogP contribution in [0.15, 0.2) is 15.7 Å². The molecule has 0 spiro atoms. The third-order valence-electron chi connectivity index (χ3n) is 6.38. The van der Waals surface area contributed by atoms with Gasteiger partial charge in [0.25, 0.3) is 5.56 Å². The predicted molar refractivity (Wildman–Crippen MR) is 113 cm³/mol. The molecule has 1 aliphatic carbocycles. The first kappa shape index (κ1) is 20.4. The zero-order chi connectivity index (χ0) is 21.8. The Morgan fingerprint density at radius 1 is 1.37 bits per heavy atom. The van der Waals surface area contributed by atoms with Crippen LogP contribution in [0.2, 0.25) is 0 Å². The van der Waals surface area contributed by atoms with Gasteiger partial charge in [-0.2, -0.15) is 0 Å². The van der Waals surface area contributed by atoms with Crippen molar-refractivity contribution in [3.8, 4) is 5.75 Å². The molecule has 8 nitrogen and oxygen atoms in total. The fourth-order valence-electron chi connectivity index (χ4n) is 4.45. The Morgan fingerprint density at radius 3 is 2.67 bits per heavy atom. The number of nitrogens with two attached hydrogens (primary N) is 1. The topological polar surface area (TPSA) is 97.7 Å². The average Bonchev–Trinajstić information content (AvgIpc) is 3.42. The molecule has 2 heterocycles. The monoisotopic (exact) mass is 415 g/mol. The lowest BCUT2D eigenvalue weighted by Gasteiger charge is -2.27. The smallest absolute Gasteiger partial charge is 0.329 e. The van der Waals surface area contributed by atoms with Gasteiger partial charge < -0.3 is 20.2 Å². The molecule has 1 aromatic heterocycles. The van der Waals surface area contributed by atoms with Crippen LogP contribution in [-0.2, 0) is 0 Å². The van der Waals surface area contributed by atoms with Crippen molar-refractivity contribution in [2.24, 2.45) is 11.7 Å². The maximum Gasteiger partial charge on any atom is 0.329 e. The fourth-order valence-corrected chi connectivity index (χ4v) is 4.45. The van der Waals surface area contributed by atoms with Crippen molar-refractivity contribution >= 4 is 16.6 Å². The first-order valence-electron chi connectivity index (χ1n) is 10.1.